The minimum atomic E-state index is -4.52. The molecule has 1 aromatic heterocycles. The fourth-order valence-corrected chi connectivity index (χ4v) is 6.84. The van der Waals surface area contributed by atoms with E-state index in [-0.39, 0.29) is 24.9 Å². The maximum absolute atomic E-state index is 13.6. The number of carbonyl (C=O) groups excluding carboxylic acids is 4. The Hall–Kier alpha value is -4.16. The minimum absolute atomic E-state index is 0.106. The van der Waals surface area contributed by atoms with E-state index in [1.165, 1.54) is 23.2 Å². The first-order valence-corrected chi connectivity index (χ1v) is 14.4. The van der Waals surface area contributed by atoms with Gasteiger partial charge in [-0.1, -0.05) is 43.7 Å². The van der Waals surface area contributed by atoms with Crippen molar-refractivity contribution in [2.45, 2.75) is 44.3 Å². The van der Waals surface area contributed by atoms with Crippen LogP contribution in [0.2, 0.25) is 0 Å². The van der Waals surface area contributed by atoms with Crippen LogP contribution in [0.1, 0.15) is 36.5 Å². The predicted molar refractivity (Wildman–Crippen MR) is 145 cm³/mol. The van der Waals surface area contributed by atoms with E-state index < -0.39 is 57.6 Å². The molecule has 3 unspecified atom stereocenters. The van der Waals surface area contributed by atoms with E-state index in [4.69, 9.17) is 4.74 Å². The van der Waals surface area contributed by atoms with E-state index in [0.717, 1.165) is 21.3 Å². The van der Waals surface area contributed by atoms with Crippen molar-refractivity contribution in [1.82, 2.24) is 19.5 Å². The van der Waals surface area contributed by atoms with Gasteiger partial charge in [0.15, 0.2) is 5.78 Å². The number of likely N-dealkylation sites (tertiary alicyclic amines) is 1. The topological polar surface area (TPSA) is 143 Å². The molecular formula is C28H28N4O7S. The number of ether oxygens (including phenoxy) is 1. The maximum atomic E-state index is 13.6. The highest BCUT2D eigenvalue weighted by molar-refractivity contribution is 8.04. The summed E-state index contributed by atoms with van der Waals surface area (Å²) in [6, 6.07) is 12.7. The van der Waals surface area contributed by atoms with Crippen LogP contribution in [0, 0.1) is 0 Å². The van der Waals surface area contributed by atoms with Crippen molar-refractivity contribution >= 4 is 43.7 Å². The lowest BCUT2D eigenvalue weighted by Gasteiger charge is -2.28. The fourth-order valence-electron chi connectivity index (χ4n) is 5.34. The summed E-state index contributed by atoms with van der Waals surface area (Å²) in [6.07, 6.45) is 2.77. The van der Waals surface area contributed by atoms with E-state index in [1.807, 2.05) is 37.3 Å². The van der Waals surface area contributed by atoms with Gasteiger partial charge in [-0.2, -0.15) is 4.31 Å². The normalized spacial score (nSPS) is 19.8. The summed E-state index contributed by atoms with van der Waals surface area (Å²) >= 11 is 0. The molecule has 40 heavy (non-hydrogen) atoms. The van der Waals surface area contributed by atoms with Crippen LogP contribution >= 0.6 is 0 Å². The molecule has 2 fully saturated rings. The highest BCUT2D eigenvalue weighted by atomic mass is 32.2. The Morgan fingerprint density at radius 2 is 1.88 bits per heavy atom. The SMILES string of the molecule is CCCC(NC(=O)Oc1ccc2ccccc2c1)C(=O)N1CCC2C1C(=O)CN2S(=O)(=O)C(=O)c1cccnc1. The summed E-state index contributed by atoms with van der Waals surface area (Å²) in [7, 11) is -4.52. The molecule has 3 heterocycles. The molecule has 2 aliphatic rings. The lowest BCUT2D eigenvalue weighted by Crippen LogP contribution is -2.53. The van der Waals surface area contributed by atoms with Gasteiger partial charge >= 0.3 is 6.09 Å². The molecule has 208 valence electrons. The number of nitrogens with zero attached hydrogens (tertiary/aromatic N) is 3. The van der Waals surface area contributed by atoms with Crippen molar-refractivity contribution in [2.24, 2.45) is 0 Å². The Balaban J connectivity index is 1.29. The van der Waals surface area contributed by atoms with Gasteiger partial charge in [-0.05, 0) is 47.9 Å². The number of hydrogen-bond donors (Lipinski definition) is 1. The molecule has 0 saturated carbocycles. The molecule has 0 spiro atoms. The van der Waals surface area contributed by atoms with E-state index in [1.54, 1.807) is 12.1 Å². The van der Waals surface area contributed by atoms with Crippen LogP contribution in [0.3, 0.4) is 0 Å². The molecule has 2 aromatic carbocycles. The van der Waals surface area contributed by atoms with Crippen molar-refractivity contribution in [3.63, 3.8) is 0 Å². The average Bonchev–Trinajstić information content (AvgIpc) is 3.54. The van der Waals surface area contributed by atoms with Gasteiger partial charge in [0.2, 0.25) is 5.91 Å². The van der Waals surface area contributed by atoms with Gasteiger partial charge in [-0.3, -0.25) is 19.4 Å². The molecule has 0 bridgehead atoms. The Morgan fingerprint density at radius 1 is 1.10 bits per heavy atom. The standard InChI is InChI=1S/C28H28N4O7S/c1-2-6-22(30-28(36)39-21-11-10-18-7-3-4-8-19(18)15-21)26(34)31-14-12-23-25(31)24(33)17-32(23)40(37,38)27(35)20-9-5-13-29-16-20/h3-5,7-11,13,15-16,22-23,25H,2,6,12,14,17H2,1H3,(H,30,36). The molecular weight excluding hydrogens is 536 g/mol. The first-order chi connectivity index (χ1) is 19.2. The number of carbonyl (C=O) groups is 4. The Kier molecular flexibility index (Phi) is 7.63. The smallest absolute Gasteiger partial charge is 0.410 e. The lowest BCUT2D eigenvalue weighted by molar-refractivity contribution is -0.138. The Bertz CT molecular complexity index is 1580. The molecule has 0 aliphatic carbocycles. The highest BCUT2D eigenvalue weighted by Crippen LogP contribution is 2.33. The number of aromatic nitrogens is 1. The van der Waals surface area contributed by atoms with E-state index >= 15 is 0 Å². The molecule has 5 rings (SSSR count). The molecule has 1 N–H and O–H groups in total. The summed E-state index contributed by atoms with van der Waals surface area (Å²) in [5.41, 5.74) is -0.110. The van der Waals surface area contributed by atoms with Crippen molar-refractivity contribution in [3.05, 3.63) is 72.6 Å². The van der Waals surface area contributed by atoms with Crippen molar-refractivity contribution in [2.75, 3.05) is 13.1 Å². The van der Waals surface area contributed by atoms with Crippen molar-refractivity contribution < 1.29 is 32.3 Å². The molecule has 2 aliphatic heterocycles. The van der Waals surface area contributed by atoms with Gasteiger partial charge in [-0.15, -0.1) is 0 Å². The van der Waals surface area contributed by atoms with Crippen LogP contribution in [-0.4, -0.2) is 76.7 Å². The summed E-state index contributed by atoms with van der Waals surface area (Å²) in [4.78, 5) is 57.2. The van der Waals surface area contributed by atoms with Crippen LogP contribution in [0.15, 0.2) is 67.0 Å². The second-order valence-corrected chi connectivity index (χ2v) is 11.6. The first kappa shape index (κ1) is 27.4. The zero-order chi connectivity index (χ0) is 28.4. The van der Waals surface area contributed by atoms with Gasteiger partial charge in [0.1, 0.15) is 17.8 Å². The predicted octanol–water partition coefficient (Wildman–Crippen LogP) is 2.52. The summed E-state index contributed by atoms with van der Waals surface area (Å²) < 4.78 is 32.6. The number of ketones is 1. The third-order valence-corrected chi connectivity index (χ3v) is 8.92. The number of benzene rings is 2. The first-order valence-electron chi connectivity index (χ1n) is 13.0. The molecule has 0 radical (unpaired) electrons. The number of Topliss-reactive ketones (excluding diaryl/α,β-unsaturated/α-hetero) is 1. The number of fused-ring (bicyclic) bond motifs is 2. The summed E-state index contributed by atoms with van der Waals surface area (Å²) in [6.45, 7) is 1.44. The number of hydrogen-bond acceptors (Lipinski definition) is 8. The molecule has 3 aromatic rings. The number of pyridine rings is 1. The maximum Gasteiger partial charge on any atom is 0.413 e. The largest absolute Gasteiger partial charge is 0.413 e. The van der Waals surface area contributed by atoms with Gasteiger partial charge in [0.25, 0.3) is 15.1 Å². The van der Waals surface area contributed by atoms with Crippen LogP contribution < -0.4 is 10.1 Å². The van der Waals surface area contributed by atoms with Gasteiger partial charge in [-0.25, -0.2) is 13.2 Å². The van der Waals surface area contributed by atoms with E-state index in [0.29, 0.717) is 12.2 Å². The van der Waals surface area contributed by atoms with Crippen LogP contribution in [-0.2, 0) is 19.6 Å². The summed E-state index contributed by atoms with van der Waals surface area (Å²) in [5, 5.41) is 3.33. The van der Waals surface area contributed by atoms with Crippen LogP contribution in [0.5, 0.6) is 5.75 Å². The minimum Gasteiger partial charge on any atom is -0.410 e. The third kappa shape index (κ3) is 5.19. The lowest BCUT2D eigenvalue weighted by atomic mass is 10.1. The van der Waals surface area contributed by atoms with E-state index in [2.05, 4.69) is 10.3 Å². The molecule has 2 saturated heterocycles. The zero-order valence-electron chi connectivity index (χ0n) is 21.7. The van der Waals surface area contributed by atoms with Crippen molar-refractivity contribution in [1.29, 1.82) is 0 Å². The van der Waals surface area contributed by atoms with Gasteiger partial charge < -0.3 is 15.0 Å². The number of amides is 2. The van der Waals surface area contributed by atoms with Crippen LogP contribution in [0.4, 0.5) is 4.79 Å². The van der Waals surface area contributed by atoms with Crippen molar-refractivity contribution in [3.8, 4) is 5.75 Å². The molecule has 3 atom stereocenters. The zero-order valence-corrected chi connectivity index (χ0v) is 22.5. The fraction of sp³-hybridized carbons (Fsp3) is 0.321. The average molecular weight is 565 g/mol. The monoisotopic (exact) mass is 564 g/mol. The third-order valence-electron chi connectivity index (χ3n) is 7.20. The van der Waals surface area contributed by atoms with Gasteiger partial charge in [0, 0.05) is 18.9 Å². The van der Waals surface area contributed by atoms with Gasteiger partial charge in [0.05, 0.1) is 18.2 Å². The quantitative estimate of drug-likeness (QED) is 0.461. The molecule has 12 heteroatoms. The molecule has 2 amide bonds. The summed E-state index contributed by atoms with van der Waals surface area (Å²) in [5.74, 6) is -0.673. The number of nitrogens with one attached hydrogen (secondary N) is 1. The Labute approximate surface area is 231 Å². The second-order valence-electron chi connectivity index (χ2n) is 9.76. The van der Waals surface area contributed by atoms with E-state index in [9.17, 15) is 27.6 Å². The Morgan fingerprint density at radius 3 is 2.60 bits per heavy atom. The molecule has 11 nitrogen and oxygen atoms in total. The number of rotatable bonds is 7. The van der Waals surface area contributed by atoms with Crippen LogP contribution in [0.25, 0.3) is 10.8 Å². The second kappa shape index (κ2) is 11.1. The highest BCUT2D eigenvalue weighted by Gasteiger charge is 2.55. The number of sulfonamides is 1.